The number of rotatable bonds is 4. The molecule has 0 aliphatic carbocycles. The lowest BCUT2D eigenvalue weighted by atomic mass is 10.4. The molecule has 0 saturated carbocycles. The van der Waals surface area contributed by atoms with E-state index in [4.69, 9.17) is 0 Å². The van der Waals surface area contributed by atoms with Crippen molar-refractivity contribution in [3.63, 3.8) is 0 Å². The number of hydrogen-bond acceptors (Lipinski definition) is 8. The Morgan fingerprint density at radius 1 is 1.20 bits per heavy atom. The Morgan fingerprint density at radius 2 is 1.90 bits per heavy atom. The van der Waals surface area contributed by atoms with E-state index >= 15 is 0 Å². The molecule has 0 spiro atoms. The summed E-state index contributed by atoms with van der Waals surface area (Å²) in [4.78, 5) is 35.8. The van der Waals surface area contributed by atoms with Gasteiger partial charge < -0.3 is 20.3 Å². The summed E-state index contributed by atoms with van der Waals surface area (Å²) in [5.41, 5.74) is 1.64. The van der Waals surface area contributed by atoms with Crippen LogP contribution in [0, 0.1) is 30.3 Å². The average Bonchev–Trinajstić information content (AvgIpc) is 2.76. The minimum Gasteiger partial charge on any atom is -0.390 e. The normalized spacial score (nSPS) is 11.5. The maximum absolute atomic E-state index is 10.6. The second kappa shape index (κ2) is 4.55. The average molecular weight is 284 g/mol. The van der Waals surface area contributed by atoms with Crippen LogP contribution in [-0.2, 0) is 0 Å². The van der Waals surface area contributed by atoms with Gasteiger partial charge in [0.1, 0.15) is 0 Å². The van der Waals surface area contributed by atoms with Gasteiger partial charge in [-0.15, -0.1) is 5.43 Å². The van der Waals surface area contributed by atoms with Crippen molar-refractivity contribution < 1.29 is 15.0 Å². The van der Waals surface area contributed by atoms with Gasteiger partial charge in [-0.05, 0) is 4.92 Å². The Balaban J connectivity index is 2.78. The molecule has 15 nitrogen and oxygen atoms in total. The highest BCUT2D eigenvalue weighted by Crippen LogP contribution is 2.23. The molecule has 0 fully saturated rings. The molecule has 0 amide bonds. The van der Waals surface area contributed by atoms with E-state index in [1.54, 1.807) is 0 Å². The largest absolute Gasteiger partial charge is 0.433 e. The molecule has 2 heterocycles. The van der Waals surface area contributed by atoms with Crippen LogP contribution in [0.4, 0.5) is 11.8 Å². The van der Waals surface area contributed by atoms with Crippen LogP contribution in [0.25, 0.3) is 16.5 Å². The van der Waals surface area contributed by atoms with Crippen LogP contribution in [0.15, 0.2) is 5.10 Å². The molecule has 2 aromatic heterocycles. The summed E-state index contributed by atoms with van der Waals surface area (Å²) in [5.74, 6) is -1.35. The van der Waals surface area contributed by atoms with E-state index in [0.29, 0.717) is 0 Å². The zero-order chi connectivity index (χ0) is 14.9. The van der Waals surface area contributed by atoms with Crippen LogP contribution in [0.2, 0.25) is 0 Å². The van der Waals surface area contributed by atoms with E-state index in [1.807, 2.05) is 5.10 Å². The fourth-order valence-electron chi connectivity index (χ4n) is 1.30. The van der Waals surface area contributed by atoms with Gasteiger partial charge in [0.15, 0.2) is 10.5 Å². The Bertz CT molecular complexity index is 788. The molecule has 0 bridgehead atoms. The number of nitro groups is 3. The van der Waals surface area contributed by atoms with Gasteiger partial charge in [-0.3, -0.25) is 10.1 Å². The van der Waals surface area contributed by atoms with Crippen LogP contribution in [0.1, 0.15) is 0 Å². The van der Waals surface area contributed by atoms with Crippen molar-refractivity contribution in [3.8, 4) is 0 Å². The third kappa shape index (κ3) is 2.30. The number of aromatic amines is 2. The zero-order valence-corrected chi connectivity index (χ0v) is 9.08. The fraction of sp³-hybridized carbons (Fsp3) is 0. The summed E-state index contributed by atoms with van der Waals surface area (Å²) in [5, 5.41) is 37.2. The number of H-pyrrole nitrogens is 2. The van der Waals surface area contributed by atoms with E-state index in [0.717, 1.165) is 0 Å². The smallest absolute Gasteiger partial charge is 0.390 e. The van der Waals surface area contributed by atoms with E-state index in [-0.39, 0.29) is 11.0 Å². The van der Waals surface area contributed by atoms with Crippen molar-refractivity contribution in [2.75, 3.05) is 0 Å². The Labute approximate surface area is 105 Å². The van der Waals surface area contributed by atoms with E-state index < -0.39 is 32.2 Å². The van der Waals surface area contributed by atoms with E-state index in [2.05, 4.69) is 25.6 Å². The molecule has 104 valence electrons. The van der Waals surface area contributed by atoms with Gasteiger partial charge in [-0.2, -0.15) is 0 Å². The second-order valence-corrected chi connectivity index (χ2v) is 3.11. The molecule has 0 unspecified atom stereocenters. The minimum atomic E-state index is -1.09. The summed E-state index contributed by atoms with van der Waals surface area (Å²) in [6.45, 7) is 0. The summed E-state index contributed by atoms with van der Waals surface area (Å²) >= 11 is 0. The van der Waals surface area contributed by atoms with Crippen LogP contribution in [-0.4, -0.2) is 35.2 Å². The lowest BCUT2D eigenvalue weighted by molar-refractivity contribution is -0.490. The Hall–Kier alpha value is -3.65. The van der Waals surface area contributed by atoms with E-state index in [9.17, 15) is 30.3 Å². The van der Waals surface area contributed by atoms with Crippen molar-refractivity contribution in [1.82, 2.24) is 20.2 Å². The third-order valence-electron chi connectivity index (χ3n) is 1.94. The van der Waals surface area contributed by atoms with Gasteiger partial charge >= 0.3 is 5.95 Å². The molecule has 2 aromatic rings. The Kier molecular flexibility index (Phi) is 2.91. The summed E-state index contributed by atoms with van der Waals surface area (Å²) < 4.78 is 0. The molecule has 0 saturated heterocycles. The first-order chi connectivity index (χ1) is 9.38. The lowest BCUT2D eigenvalue weighted by Crippen LogP contribution is -2.14. The molecular weight excluding hydrogens is 282 g/mol. The molecule has 0 aliphatic heterocycles. The highest BCUT2D eigenvalue weighted by molar-refractivity contribution is 5.86. The van der Waals surface area contributed by atoms with Crippen LogP contribution in [0.5, 0.6) is 0 Å². The minimum absolute atomic E-state index is 0.326. The van der Waals surface area contributed by atoms with Gasteiger partial charge in [0.2, 0.25) is 11.0 Å². The number of aromatic nitrogens is 4. The lowest BCUT2D eigenvalue weighted by Gasteiger charge is -2.03. The SMILES string of the molecule is O=[N+]([O-])/N=c1\[nH]nc([N-][N+](=O)[O-])c2[nH]c([N+](=O)[O-])nc12. The van der Waals surface area contributed by atoms with Crippen LogP contribution in [0.3, 0.4) is 0 Å². The van der Waals surface area contributed by atoms with E-state index in [1.165, 1.54) is 0 Å². The molecule has 0 aliphatic rings. The molecular formula is C5H2N9O6-. The molecule has 20 heavy (non-hydrogen) atoms. The monoisotopic (exact) mass is 284 g/mol. The first kappa shape index (κ1) is 12.8. The number of imidazole rings is 1. The van der Waals surface area contributed by atoms with Gasteiger partial charge in [0.05, 0.1) is 16.0 Å². The van der Waals surface area contributed by atoms with Crippen molar-refractivity contribution in [1.29, 1.82) is 0 Å². The summed E-state index contributed by atoms with van der Waals surface area (Å²) in [6, 6.07) is 0. The van der Waals surface area contributed by atoms with Crippen molar-refractivity contribution in [2.24, 2.45) is 5.10 Å². The predicted octanol–water partition coefficient (Wildman–Crippen LogP) is -0.516. The third-order valence-corrected chi connectivity index (χ3v) is 1.94. The zero-order valence-electron chi connectivity index (χ0n) is 9.08. The highest BCUT2D eigenvalue weighted by Gasteiger charge is 2.19. The molecule has 15 heteroatoms. The number of hydrogen-bond donors (Lipinski definition) is 2. The van der Waals surface area contributed by atoms with Gasteiger partial charge in [-0.25, -0.2) is 15.1 Å². The highest BCUT2D eigenvalue weighted by atomic mass is 16.7. The molecule has 0 radical (unpaired) electrons. The first-order valence-electron chi connectivity index (χ1n) is 4.56. The molecule has 0 atom stereocenters. The van der Waals surface area contributed by atoms with Crippen molar-refractivity contribution in [3.05, 3.63) is 41.3 Å². The number of fused-ring (bicyclic) bond motifs is 1. The van der Waals surface area contributed by atoms with Gasteiger partial charge in [-0.1, -0.05) is 4.98 Å². The maximum Gasteiger partial charge on any atom is 0.433 e. The Morgan fingerprint density at radius 3 is 2.45 bits per heavy atom. The topological polar surface area (TPSA) is 213 Å². The number of nitrogens with zero attached hydrogens (tertiary/aromatic N) is 7. The number of nitrogens with one attached hydrogen (secondary N) is 2. The maximum atomic E-state index is 10.6. The summed E-state index contributed by atoms with van der Waals surface area (Å²) in [6.07, 6.45) is 0. The first-order valence-corrected chi connectivity index (χ1v) is 4.56. The van der Waals surface area contributed by atoms with Crippen molar-refractivity contribution >= 4 is 22.8 Å². The summed E-state index contributed by atoms with van der Waals surface area (Å²) in [7, 11) is 0. The fourth-order valence-corrected chi connectivity index (χ4v) is 1.30. The van der Waals surface area contributed by atoms with Gasteiger partial charge in [0.25, 0.3) is 0 Å². The quantitative estimate of drug-likeness (QED) is 0.548. The predicted molar refractivity (Wildman–Crippen MR) is 57.5 cm³/mol. The molecule has 2 N–H and O–H groups in total. The van der Waals surface area contributed by atoms with Crippen LogP contribution < -0.4 is 5.49 Å². The standard InChI is InChI=1S/C5H2N9O6/c15-12(16)5-6-1-2(7-5)4(11-14(19)20)9-8-3(1)10-13(17)18/h(H2-,6,7,8,9,10,11)/q-1. The van der Waals surface area contributed by atoms with Crippen LogP contribution >= 0.6 is 0 Å². The molecule has 0 aromatic carbocycles. The van der Waals surface area contributed by atoms with Gasteiger partial charge in [0, 0.05) is 0 Å². The second-order valence-electron chi connectivity index (χ2n) is 3.11. The van der Waals surface area contributed by atoms with Crippen molar-refractivity contribution in [2.45, 2.75) is 0 Å². The molecule has 2 rings (SSSR count).